The van der Waals surface area contributed by atoms with Crippen LogP contribution in [0.5, 0.6) is 5.75 Å². The predicted molar refractivity (Wildman–Crippen MR) is 103 cm³/mol. The van der Waals surface area contributed by atoms with Crippen molar-refractivity contribution in [3.8, 4) is 5.75 Å². The highest BCUT2D eigenvalue weighted by Gasteiger charge is 2.11. The lowest BCUT2D eigenvalue weighted by atomic mass is 10.3. The number of nitrogens with two attached hydrogens (primary N) is 2. The highest BCUT2D eigenvalue weighted by atomic mass is 16.6. The van der Waals surface area contributed by atoms with Crippen molar-refractivity contribution < 1.29 is 18.4 Å². The third-order valence-corrected chi connectivity index (χ3v) is 3.68. The predicted octanol–water partition coefficient (Wildman–Crippen LogP) is 2.41. The molecule has 0 unspecified atom stereocenters. The number of aromatic nitrogens is 1. The lowest BCUT2D eigenvalue weighted by Gasteiger charge is -2.07. The Balaban J connectivity index is 1.75. The molecule has 11 nitrogen and oxygen atoms in total. The molecule has 1 aromatic carbocycles. The van der Waals surface area contributed by atoms with E-state index in [2.05, 4.69) is 20.5 Å². The minimum Gasteiger partial charge on any atom is -0.483 e. The van der Waals surface area contributed by atoms with Crippen molar-refractivity contribution in [2.45, 2.75) is 13.5 Å². The van der Waals surface area contributed by atoms with Crippen LogP contribution < -0.4 is 27.3 Å². The second kappa shape index (κ2) is 8.80. The molecule has 29 heavy (non-hydrogen) atoms. The number of carbonyl (C=O) groups excluding carboxylic acids is 1. The Morgan fingerprint density at radius 3 is 2.62 bits per heavy atom. The normalized spacial score (nSPS) is 11.0. The fourth-order valence-corrected chi connectivity index (χ4v) is 2.23. The minimum atomic E-state index is -0.789. The molecule has 3 rings (SSSR count). The van der Waals surface area contributed by atoms with Gasteiger partial charge in [0.2, 0.25) is 5.91 Å². The molecular weight excluding hydrogens is 380 g/mol. The SMILES string of the molecule is Cc1oc(=O)oc1COc1ccccc1N=Nc1ccc(NC(=O)CN)nc1N. The molecule has 0 bridgehead atoms. The molecule has 150 valence electrons. The maximum absolute atomic E-state index is 11.3. The number of pyridine rings is 1. The van der Waals surface area contributed by atoms with Crippen molar-refractivity contribution in [3.05, 3.63) is 58.5 Å². The van der Waals surface area contributed by atoms with E-state index in [0.29, 0.717) is 22.9 Å². The summed E-state index contributed by atoms with van der Waals surface area (Å²) in [4.78, 5) is 26.5. The highest BCUT2D eigenvalue weighted by Crippen LogP contribution is 2.31. The third kappa shape index (κ3) is 5.05. The molecule has 0 saturated heterocycles. The molecule has 2 aromatic heterocycles. The molecule has 11 heteroatoms. The lowest BCUT2D eigenvalue weighted by molar-refractivity contribution is -0.114. The average Bonchev–Trinajstić information content (AvgIpc) is 3.03. The molecule has 0 aliphatic rings. The summed E-state index contributed by atoms with van der Waals surface area (Å²) >= 11 is 0. The Kier molecular flexibility index (Phi) is 6.00. The maximum Gasteiger partial charge on any atom is 0.519 e. The largest absolute Gasteiger partial charge is 0.519 e. The number of nitrogen functional groups attached to an aromatic ring is 1. The van der Waals surface area contributed by atoms with Gasteiger partial charge in [0.1, 0.15) is 29.5 Å². The van der Waals surface area contributed by atoms with Gasteiger partial charge in [-0.15, -0.1) is 10.2 Å². The number of amides is 1. The Hall–Kier alpha value is -3.99. The average molecular weight is 398 g/mol. The number of nitrogens with zero attached hydrogens (tertiary/aromatic N) is 3. The van der Waals surface area contributed by atoms with Gasteiger partial charge in [-0.25, -0.2) is 9.78 Å². The van der Waals surface area contributed by atoms with Gasteiger partial charge < -0.3 is 30.4 Å². The van der Waals surface area contributed by atoms with Crippen LogP contribution >= 0.6 is 0 Å². The standard InChI is InChI=1S/C18H18N6O5/c1-10-14(29-18(26)28-10)9-27-13-5-3-2-4-11(13)23-24-12-6-7-15(22-17(12)20)21-16(25)8-19/h2-7H,8-9,19H2,1H3,(H3,20,21,22,25). The van der Waals surface area contributed by atoms with Crippen LogP contribution in [0.3, 0.4) is 0 Å². The molecule has 0 aliphatic carbocycles. The van der Waals surface area contributed by atoms with Crippen LogP contribution in [-0.2, 0) is 11.4 Å². The first-order valence-corrected chi connectivity index (χ1v) is 8.45. The minimum absolute atomic E-state index is 0.0106. The number of hydrogen-bond acceptors (Lipinski definition) is 10. The molecular formula is C18H18N6O5. The number of aryl methyl sites for hydroxylation is 1. The van der Waals surface area contributed by atoms with Crippen molar-refractivity contribution in [1.82, 2.24) is 4.98 Å². The number of rotatable bonds is 7. The van der Waals surface area contributed by atoms with Gasteiger partial charge in [0.05, 0.1) is 6.54 Å². The number of carbonyl (C=O) groups is 1. The Morgan fingerprint density at radius 1 is 1.17 bits per heavy atom. The van der Waals surface area contributed by atoms with Gasteiger partial charge in [-0.3, -0.25) is 4.79 Å². The van der Waals surface area contributed by atoms with Crippen LogP contribution in [0.2, 0.25) is 0 Å². The number of anilines is 2. The van der Waals surface area contributed by atoms with Gasteiger partial charge in [0, 0.05) is 0 Å². The summed E-state index contributed by atoms with van der Waals surface area (Å²) in [5.74, 6) is 0.206. The van der Waals surface area contributed by atoms with Crippen molar-refractivity contribution in [2.75, 3.05) is 17.6 Å². The van der Waals surface area contributed by atoms with Crippen LogP contribution in [0.15, 0.2) is 60.3 Å². The molecule has 1 amide bonds. The number of hydrogen-bond donors (Lipinski definition) is 3. The van der Waals surface area contributed by atoms with Crippen LogP contribution in [0, 0.1) is 6.92 Å². The second-order valence-corrected chi connectivity index (χ2v) is 5.74. The van der Waals surface area contributed by atoms with E-state index in [1.807, 2.05) is 0 Å². The van der Waals surface area contributed by atoms with Gasteiger partial charge in [0.25, 0.3) is 0 Å². The van der Waals surface area contributed by atoms with E-state index in [9.17, 15) is 9.59 Å². The summed E-state index contributed by atoms with van der Waals surface area (Å²) in [5, 5.41) is 10.7. The summed E-state index contributed by atoms with van der Waals surface area (Å²) in [6, 6.07) is 10.00. The second-order valence-electron chi connectivity index (χ2n) is 5.74. The number of benzene rings is 1. The first kappa shape index (κ1) is 19.8. The van der Waals surface area contributed by atoms with Crippen LogP contribution in [-0.4, -0.2) is 17.4 Å². The topological polar surface area (TPSA) is 171 Å². The van der Waals surface area contributed by atoms with Crippen molar-refractivity contribution >= 4 is 28.9 Å². The number of nitrogens with one attached hydrogen (secondary N) is 1. The molecule has 5 N–H and O–H groups in total. The fourth-order valence-electron chi connectivity index (χ4n) is 2.23. The summed E-state index contributed by atoms with van der Waals surface area (Å²) in [5.41, 5.74) is 11.8. The molecule has 0 saturated carbocycles. The smallest absolute Gasteiger partial charge is 0.483 e. The van der Waals surface area contributed by atoms with Gasteiger partial charge in [-0.1, -0.05) is 12.1 Å². The zero-order chi connectivity index (χ0) is 20.8. The molecule has 3 aromatic rings. The zero-order valence-electron chi connectivity index (χ0n) is 15.4. The van der Waals surface area contributed by atoms with Gasteiger partial charge in [0.15, 0.2) is 17.3 Å². The van der Waals surface area contributed by atoms with E-state index in [1.165, 1.54) is 6.07 Å². The van der Waals surface area contributed by atoms with Crippen molar-refractivity contribution in [1.29, 1.82) is 0 Å². The third-order valence-electron chi connectivity index (χ3n) is 3.68. The summed E-state index contributed by atoms with van der Waals surface area (Å²) < 4.78 is 15.4. The van der Waals surface area contributed by atoms with Gasteiger partial charge in [-0.2, -0.15) is 0 Å². The lowest BCUT2D eigenvalue weighted by Crippen LogP contribution is -2.22. The molecule has 0 radical (unpaired) electrons. The van der Waals surface area contributed by atoms with E-state index in [0.717, 1.165) is 0 Å². The Morgan fingerprint density at radius 2 is 1.93 bits per heavy atom. The molecule has 0 fully saturated rings. The van der Waals surface area contributed by atoms with Crippen molar-refractivity contribution in [2.24, 2.45) is 16.0 Å². The van der Waals surface area contributed by atoms with E-state index < -0.39 is 5.82 Å². The number of azo groups is 1. The van der Waals surface area contributed by atoms with Crippen molar-refractivity contribution in [3.63, 3.8) is 0 Å². The summed E-state index contributed by atoms with van der Waals surface area (Å²) in [6.07, 6.45) is 0. The van der Waals surface area contributed by atoms with Crippen LogP contribution in [0.4, 0.5) is 23.0 Å². The molecule has 2 heterocycles. The Labute approximate surface area is 164 Å². The molecule has 0 atom stereocenters. The van der Waals surface area contributed by atoms with Crippen LogP contribution in [0.1, 0.15) is 11.5 Å². The molecule has 0 spiro atoms. The summed E-state index contributed by atoms with van der Waals surface area (Å²) in [6.45, 7) is 1.43. The maximum atomic E-state index is 11.3. The van der Waals surface area contributed by atoms with Gasteiger partial charge in [-0.05, 0) is 31.2 Å². The number of para-hydroxylation sites is 1. The first-order chi connectivity index (χ1) is 14.0. The van der Waals surface area contributed by atoms with Gasteiger partial charge >= 0.3 is 5.82 Å². The number of ether oxygens (including phenoxy) is 1. The van der Waals surface area contributed by atoms with E-state index in [1.54, 1.807) is 37.3 Å². The zero-order valence-corrected chi connectivity index (χ0v) is 15.4. The monoisotopic (exact) mass is 398 g/mol. The first-order valence-electron chi connectivity index (χ1n) is 8.45. The van der Waals surface area contributed by atoms with E-state index >= 15 is 0 Å². The highest BCUT2D eigenvalue weighted by molar-refractivity contribution is 5.91. The Bertz CT molecular complexity index is 1100. The van der Waals surface area contributed by atoms with E-state index in [-0.39, 0.29) is 36.5 Å². The summed E-state index contributed by atoms with van der Waals surface area (Å²) in [7, 11) is 0. The van der Waals surface area contributed by atoms with Crippen LogP contribution in [0.25, 0.3) is 0 Å². The fraction of sp³-hybridized carbons (Fsp3) is 0.167. The van der Waals surface area contributed by atoms with E-state index in [4.69, 9.17) is 25.0 Å². The molecule has 0 aliphatic heterocycles. The quantitative estimate of drug-likeness (QED) is 0.509.